The molecule has 0 amide bonds. The van der Waals surface area contributed by atoms with Gasteiger partial charge in [-0.1, -0.05) is 166 Å². The lowest BCUT2D eigenvalue weighted by Gasteiger charge is -2.42. The van der Waals surface area contributed by atoms with Crippen LogP contribution in [0.5, 0.6) is 0 Å². The first-order chi connectivity index (χ1) is 33.5. The van der Waals surface area contributed by atoms with Gasteiger partial charge in [-0.25, -0.2) is 0 Å². The average molecular weight is 941 g/mol. The van der Waals surface area contributed by atoms with Gasteiger partial charge in [0.1, 0.15) is 0 Å². The molecule has 0 spiro atoms. The first kappa shape index (κ1) is 68.4. The number of fused-ring (bicyclic) bond motifs is 1. The van der Waals surface area contributed by atoms with E-state index in [2.05, 4.69) is 190 Å². The molecule has 0 bridgehead atoms. The van der Waals surface area contributed by atoms with Crippen LogP contribution in [0.15, 0.2) is 142 Å². The summed E-state index contributed by atoms with van der Waals surface area (Å²) in [5.41, 5.74) is 17.3. The largest absolute Gasteiger partial charge is 0.308 e. The molecule has 0 aromatic heterocycles. The lowest BCUT2D eigenvalue weighted by atomic mass is 9.87. The standard InChI is InChI=1S/C40H47N3.C7H12.C5H10.4C2H6.3C2H4/c1-6-31-25-43(26-31)39-16-15-34-22-35(21-28(3)40(34)39)36-12-10-14-38(30(36)5)37-13-9-11-33(29(37)4)20-27(2)19-32(23-41)24-42-17-7-8-18-42;1-5(2)7-4-6(7)3;1-3-5-4-2;7*1-2/h6,9-14,19-23,31,39,41H,1,7-8,15-18,24-26H2,2-5H3;6-7H,1,4H2,2-3H3;3,5H,4H2,1-2H3;4*1-2H3;3*1-2H2/b27-20+,32-19+,41-23?;;5-3-;;;;;;;. The highest BCUT2D eigenvalue weighted by Crippen LogP contribution is 2.44. The van der Waals surface area contributed by atoms with Gasteiger partial charge in [-0.05, 0) is 166 Å². The van der Waals surface area contributed by atoms with Crippen LogP contribution in [0.3, 0.4) is 0 Å². The van der Waals surface area contributed by atoms with Crippen molar-refractivity contribution in [2.24, 2.45) is 17.8 Å². The van der Waals surface area contributed by atoms with E-state index in [1.54, 1.807) is 5.56 Å². The van der Waals surface area contributed by atoms with Crippen LogP contribution in [0.25, 0.3) is 28.3 Å². The van der Waals surface area contributed by atoms with Crippen molar-refractivity contribution < 1.29 is 0 Å². The maximum atomic E-state index is 7.96. The SMILES string of the molecule is C/C=C\CC.C=C.C=C.C=C.C=C(C)C1CC1C.C=CC1CN(C2CCc3cc(-c4cccc(-c5cccc(/C=C(C)/C=C(\C=N)CN6CCCC6)c5C)c4C)cc(C)c32)C1.CC.CC.CC.CC. The number of aryl methyl sites for hydroxylation is 2. The summed E-state index contributed by atoms with van der Waals surface area (Å²) in [5.74, 6) is 2.48. The molecule has 2 heterocycles. The van der Waals surface area contributed by atoms with Crippen LogP contribution in [0.4, 0.5) is 0 Å². The van der Waals surface area contributed by atoms with Gasteiger partial charge < -0.3 is 5.41 Å². The van der Waals surface area contributed by atoms with E-state index in [0.717, 1.165) is 56.6 Å². The zero-order valence-corrected chi connectivity index (χ0v) is 47.7. The number of allylic oxidation sites excluding steroid dienone is 5. The molecule has 3 fully saturated rings. The van der Waals surface area contributed by atoms with Gasteiger partial charge in [0.15, 0.2) is 0 Å². The minimum absolute atomic E-state index is 0.569. The van der Waals surface area contributed by atoms with Gasteiger partial charge in [-0.3, -0.25) is 9.80 Å². The Kier molecular flexibility index (Phi) is 40.7. The average Bonchev–Trinajstić information content (AvgIpc) is 3.67. The molecule has 7 rings (SSSR count). The Morgan fingerprint density at radius 3 is 1.75 bits per heavy atom. The summed E-state index contributed by atoms with van der Waals surface area (Å²) in [5, 5.41) is 7.96. The smallest absolute Gasteiger partial charge is 0.0357 e. The molecule has 3 unspecified atom stereocenters. The van der Waals surface area contributed by atoms with Gasteiger partial charge in [0.2, 0.25) is 0 Å². The van der Waals surface area contributed by atoms with Gasteiger partial charge in [0.05, 0.1) is 0 Å². The minimum atomic E-state index is 0.569. The van der Waals surface area contributed by atoms with E-state index in [0.29, 0.717) is 12.0 Å². The van der Waals surface area contributed by atoms with Crippen molar-refractivity contribution in [1.82, 2.24) is 9.80 Å². The molecule has 1 saturated carbocycles. The zero-order valence-electron chi connectivity index (χ0n) is 47.7. The number of hydrogen-bond acceptors (Lipinski definition) is 3. The fraction of sp³-hybridized carbons (Fsp3) is 0.470. The Hall–Kier alpha value is -4.83. The number of hydrogen-bond donors (Lipinski definition) is 1. The fourth-order valence-corrected chi connectivity index (χ4v) is 8.96. The third kappa shape index (κ3) is 22.2. The number of nitrogens with one attached hydrogen (secondary N) is 1. The maximum absolute atomic E-state index is 7.96. The van der Waals surface area contributed by atoms with Gasteiger partial charge in [0, 0.05) is 37.8 Å². The van der Waals surface area contributed by atoms with Crippen LogP contribution in [0.1, 0.15) is 162 Å². The molecule has 3 aromatic carbocycles. The van der Waals surface area contributed by atoms with Gasteiger partial charge >= 0.3 is 0 Å². The highest BCUT2D eigenvalue weighted by molar-refractivity contribution is 5.83. The Labute approximate surface area is 429 Å². The normalized spacial score (nSPS) is 17.5. The quantitative estimate of drug-likeness (QED) is 0.118. The van der Waals surface area contributed by atoms with E-state index in [4.69, 9.17) is 5.41 Å². The molecule has 2 saturated heterocycles. The van der Waals surface area contributed by atoms with Crippen LogP contribution < -0.4 is 0 Å². The zero-order chi connectivity index (χ0) is 53.6. The molecule has 3 atom stereocenters. The topological polar surface area (TPSA) is 30.3 Å². The Morgan fingerprint density at radius 2 is 1.30 bits per heavy atom. The number of nitrogens with zero attached hydrogens (tertiary/aromatic N) is 2. The van der Waals surface area contributed by atoms with E-state index in [-0.39, 0.29) is 0 Å². The van der Waals surface area contributed by atoms with Crippen molar-refractivity contribution in [2.45, 2.75) is 155 Å². The molecule has 69 heavy (non-hydrogen) atoms. The molecule has 384 valence electrons. The highest BCUT2D eigenvalue weighted by Gasteiger charge is 2.36. The molecular weight excluding hydrogens is 835 g/mol. The molecule has 2 aliphatic carbocycles. The van der Waals surface area contributed by atoms with Crippen molar-refractivity contribution in [2.75, 3.05) is 32.7 Å². The molecule has 0 radical (unpaired) electrons. The molecule has 2 aliphatic heterocycles. The Bertz CT molecular complexity index is 1960. The predicted octanol–water partition coefficient (Wildman–Crippen LogP) is 19.8. The lowest BCUT2D eigenvalue weighted by Crippen LogP contribution is -2.47. The number of benzene rings is 3. The third-order valence-corrected chi connectivity index (χ3v) is 12.3. The van der Waals surface area contributed by atoms with Crippen molar-refractivity contribution in [1.29, 1.82) is 5.41 Å². The highest BCUT2D eigenvalue weighted by atomic mass is 15.2. The van der Waals surface area contributed by atoms with Crippen molar-refractivity contribution in [3.8, 4) is 22.3 Å². The molecule has 1 N–H and O–H groups in total. The predicted molar refractivity (Wildman–Crippen MR) is 320 cm³/mol. The second kappa shape index (κ2) is 41.0. The summed E-state index contributed by atoms with van der Waals surface area (Å²) in [4.78, 5) is 5.11. The van der Waals surface area contributed by atoms with Gasteiger partial charge in [0.25, 0.3) is 0 Å². The van der Waals surface area contributed by atoms with E-state index in [9.17, 15) is 0 Å². The van der Waals surface area contributed by atoms with E-state index < -0.39 is 0 Å². The molecule has 3 heteroatoms. The van der Waals surface area contributed by atoms with Gasteiger partial charge in [-0.15, -0.1) is 46.1 Å². The van der Waals surface area contributed by atoms with E-state index >= 15 is 0 Å². The van der Waals surface area contributed by atoms with Crippen LogP contribution in [-0.2, 0) is 6.42 Å². The summed E-state index contributed by atoms with van der Waals surface area (Å²) >= 11 is 0. The summed E-state index contributed by atoms with van der Waals surface area (Å²) < 4.78 is 0. The molecule has 4 aliphatic rings. The fourth-order valence-electron chi connectivity index (χ4n) is 8.96. The summed E-state index contributed by atoms with van der Waals surface area (Å²) in [6.45, 7) is 64.9. The van der Waals surface area contributed by atoms with Gasteiger partial charge in [-0.2, -0.15) is 0 Å². The molecule has 3 nitrogen and oxygen atoms in total. The summed E-state index contributed by atoms with van der Waals surface area (Å²) in [6, 6.07) is 18.9. The van der Waals surface area contributed by atoms with Crippen molar-refractivity contribution in [3.63, 3.8) is 0 Å². The summed E-state index contributed by atoms with van der Waals surface area (Å²) in [7, 11) is 0. The molecule has 3 aromatic rings. The van der Waals surface area contributed by atoms with Crippen LogP contribution in [-0.4, -0.2) is 48.7 Å². The summed E-state index contributed by atoms with van der Waals surface area (Å²) in [6.07, 6.45) is 19.8. The van der Waals surface area contributed by atoms with Crippen LogP contribution in [0, 0.1) is 43.9 Å². The molecular formula is C66H105N3. The second-order valence-corrected chi connectivity index (χ2v) is 16.7. The Morgan fingerprint density at radius 1 is 0.783 bits per heavy atom. The lowest BCUT2D eigenvalue weighted by molar-refractivity contribution is 0.0767. The van der Waals surface area contributed by atoms with Crippen LogP contribution in [0.2, 0.25) is 0 Å². The van der Waals surface area contributed by atoms with Crippen molar-refractivity contribution >= 4 is 12.3 Å². The van der Waals surface area contributed by atoms with E-state index in [1.165, 1.54) is 99.5 Å². The minimum Gasteiger partial charge on any atom is -0.308 e. The first-order valence-electron chi connectivity index (χ1n) is 26.6. The Balaban J connectivity index is -0.00000140. The second-order valence-electron chi connectivity index (χ2n) is 16.7. The first-order valence-corrected chi connectivity index (χ1v) is 26.6. The maximum Gasteiger partial charge on any atom is 0.0357 e. The van der Waals surface area contributed by atoms with Crippen LogP contribution >= 0.6 is 0 Å². The number of likely N-dealkylation sites (tertiary alicyclic amines) is 2. The van der Waals surface area contributed by atoms with Crippen molar-refractivity contribution in [3.05, 3.63) is 176 Å². The third-order valence-electron chi connectivity index (χ3n) is 12.3. The number of rotatable bonds is 11. The monoisotopic (exact) mass is 940 g/mol. The van der Waals surface area contributed by atoms with E-state index in [1.807, 2.05) is 62.3 Å².